The molecule has 8 heteroatoms. The van der Waals surface area contributed by atoms with Crippen LogP contribution in [0.3, 0.4) is 0 Å². The Balaban J connectivity index is 4.43. The van der Waals surface area contributed by atoms with Crippen molar-refractivity contribution < 1.29 is 28.7 Å². The summed E-state index contributed by atoms with van der Waals surface area (Å²) in [4.78, 5) is 34.1. The molecule has 0 fully saturated rings. The number of rotatable bonds is 4. The average molecular weight is 230 g/mol. The second kappa shape index (κ2) is 3.81. The van der Waals surface area contributed by atoms with Gasteiger partial charge >= 0.3 is 15.2 Å². The van der Waals surface area contributed by atoms with Crippen molar-refractivity contribution in [1.29, 1.82) is 0 Å². The molecule has 0 unspecified atom stereocenters. The lowest BCUT2D eigenvalue weighted by Gasteiger charge is -2.24. The first-order valence-electron chi connectivity index (χ1n) is 3.21. The monoisotopic (exact) mass is 230 g/mol. The smallest absolute Gasteiger partial charge is 0.324 e. The quantitative estimate of drug-likeness (QED) is 0.505. The Bertz CT molecular complexity index is 234. The van der Waals surface area contributed by atoms with Crippen molar-refractivity contribution in [3.8, 4) is 0 Å². The van der Waals surface area contributed by atoms with E-state index in [2.05, 4.69) is 13.8 Å². The number of hydrogen-bond donors (Lipinski definition) is 4. The fraction of sp³-hybridized carbons (Fsp3) is 0.600. The van der Waals surface area contributed by atoms with Gasteiger partial charge in [-0.3, -0.25) is 9.13 Å². The molecule has 0 rings (SSSR count). The summed E-state index contributed by atoms with van der Waals surface area (Å²) in [5, 5.41) is 0. The topological polar surface area (TPSA) is 115 Å². The van der Waals surface area contributed by atoms with Crippen LogP contribution in [0.15, 0.2) is 0 Å². The normalized spacial score (nSPS) is 14.6. The molecule has 13 heavy (non-hydrogen) atoms. The minimum atomic E-state index is -4.34. The molecule has 0 aliphatic heterocycles. The zero-order valence-corrected chi connectivity index (χ0v) is 8.62. The van der Waals surface area contributed by atoms with E-state index < -0.39 is 32.9 Å². The van der Waals surface area contributed by atoms with Crippen molar-refractivity contribution in [2.45, 2.75) is 0 Å². The van der Waals surface area contributed by atoms with E-state index in [1.807, 2.05) is 0 Å². The molecule has 0 aliphatic rings. The average Bonchev–Trinajstić information content (AvgIpc) is 1.43. The molecule has 0 atom stereocenters. The Hall–Kier alpha value is 0.300. The largest absolute Gasteiger partial charge is 0.326 e. The molecule has 0 spiro atoms. The summed E-state index contributed by atoms with van der Waals surface area (Å²) in [5.41, 5.74) is -1.56. The SMILES string of the molecule is [CH2]C([CH2])(CP(=O)(O)O)CP(=O)(O)O. The number of hydrogen-bond acceptors (Lipinski definition) is 2. The van der Waals surface area contributed by atoms with Crippen molar-refractivity contribution in [3.63, 3.8) is 0 Å². The van der Waals surface area contributed by atoms with Crippen molar-refractivity contribution >= 4 is 15.2 Å². The molecular weight excluding hydrogens is 218 g/mol. The van der Waals surface area contributed by atoms with Crippen molar-refractivity contribution in [1.82, 2.24) is 0 Å². The van der Waals surface area contributed by atoms with Gasteiger partial charge in [-0.25, -0.2) is 0 Å². The van der Waals surface area contributed by atoms with Crippen LogP contribution in [0, 0.1) is 19.3 Å². The standard InChI is InChI=1S/C5H12O6P2/c1-5(2,3-12(6,7)8)4-13(9,10)11/h1-4H2,(H2,6,7,8)(H2,9,10,11). The molecule has 0 aromatic carbocycles. The first-order valence-corrected chi connectivity index (χ1v) is 6.81. The summed E-state index contributed by atoms with van der Waals surface area (Å²) in [7, 11) is -8.68. The predicted octanol–water partition coefficient (Wildman–Crippen LogP) is -0.00362. The molecular formula is C5H12O6P2. The Morgan fingerprint density at radius 2 is 1.15 bits per heavy atom. The second-order valence-corrected chi connectivity index (χ2v) is 6.44. The zero-order valence-electron chi connectivity index (χ0n) is 6.83. The maximum atomic E-state index is 10.5. The van der Waals surface area contributed by atoms with Crippen LogP contribution in [0.4, 0.5) is 0 Å². The van der Waals surface area contributed by atoms with Gasteiger partial charge in [-0.15, -0.1) is 0 Å². The Kier molecular flexibility index (Phi) is 3.90. The van der Waals surface area contributed by atoms with Gasteiger partial charge in [-0.2, -0.15) is 0 Å². The second-order valence-electron chi connectivity index (χ2n) is 3.15. The highest BCUT2D eigenvalue weighted by atomic mass is 31.2. The van der Waals surface area contributed by atoms with Crippen molar-refractivity contribution in [2.75, 3.05) is 12.3 Å². The van der Waals surface area contributed by atoms with Gasteiger partial charge in [-0.1, -0.05) is 0 Å². The van der Waals surface area contributed by atoms with Gasteiger partial charge < -0.3 is 19.6 Å². The van der Waals surface area contributed by atoms with Crippen LogP contribution < -0.4 is 0 Å². The van der Waals surface area contributed by atoms with E-state index in [-0.39, 0.29) is 0 Å². The summed E-state index contributed by atoms with van der Waals surface area (Å²) < 4.78 is 21.0. The molecule has 2 radical (unpaired) electrons. The van der Waals surface area contributed by atoms with E-state index in [1.54, 1.807) is 0 Å². The minimum absolute atomic E-state index is 0.745. The molecule has 0 aliphatic carbocycles. The molecule has 0 amide bonds. The molecule has 0 saturated heterocycles. The van der Waals surface area contributed by atoms with Gasteiger partial charge in [0.25, 0.3) is 0 Å². The van der Waals surface area contributed by atoms with E-state index in [1.165, 1.54) is 0 Å². The third-order valence-corrected chi connectivity index (χ3v) is 3.25. The van der Waals surface area contributed by atoms with E-state index in [9.17, 15) is 9.13 Å². The van der Waals surface area contributed by atoms with Crippen LogP contribution in [0.25, 0.3) is 0 Å². The molecule has 0 bridgehead atoms. The predicted molar refractivity (Wildman–Crippen MR) is 47.0 cm³/mol. The van der Waals surface area contributed by atoms with Crippen LogP contribution in [0.2, 0.25) is 0 Å². The summed E-state index contributed by atoms with van der Waals surface area (Å²) in [6, 6.07) is 0. The highest BCUT2D eigenvalue weighted by Crippen LogP contribution is 2.48. The molecule has 6 nitrogen and oxygen atoms in total. The van der Waals surface area contributed by atoms with Gasteiger partial charge in [0.05, 0.1) is 12.3 Å². The van der Waals surface area contributed by atoms with Gasteiger partial charge in [0.15, 0.2) is 0 Å². The molecule has 0 aromatic heterocycles. The highest BCUT2D eigenvalue weighted by Gasteiger charge is 2.34. The van der Waals surface area contributed by atoms with E-state index in [0.29, 0.717) is 0 Å². The summed E-state index contributed by atoms with van der Waals surface area (Å²) in [6.07, 6.45) is -1.49. The van der Waals surface area contributed by atoms with Gasteiger partial charge in [-0.05, 0) is 19.3 Å². The van der Waals surface area contributed by atoms with Crippen LogP contribution in [0.1, 0.15) is 0 Å². The van der Waals surface area contributed by atoms with Crippen LogP contribution in [-0.4, -0.2) is 31.9 Å². The van der Waals surface area contributed by atoms with E-state index >= 15 is 0 Å². The fourth-order valence-electron chi connectivity index (χ4n) is 0.924. The maximum Gasteiger partial charge on any atom is 0.326 e. The van der Waals surface area contributed by atoms with Crippen LogP contribution in [-0.2, 0) is 9.13 Å². The van der Waals surface area contributed by atoms with Crippen LogP contribution in [0.5, 0.6) is 0 Å². The summed E-state index contributed by atoms with van der Waals surface area (Å²) in [5.74, 6) is 0. The Morgan fingerprint density at radius 1 is 0.923 bits per heavy atom. The third kappa shape index (κ3) is 8.63. The fourth-order valence-corrected chi connectivity index (χ4v) is 3.07. The molecule has 0 aromatic rings. The Labute approximate surface area is 76.3 Å². The maximum absolute atomic E-state index is 10.5. The summed E-state index contributed by atoms with van der Waals surface area (Å²) in [6.45, 7) is 6.49. The highest BCUT2D eigenvalue weighted by molar-refractivity contribution is 7.53. The van der Waals surface area contributed by atoms with Gasteiger partial charge in [0.1, 0.15) is 0 Å². The zero-order chi connectivity index (χ0) is 10.9. The van der Waals surface area contributed by atoms with Crippen molar-refractivity contribution in [2.24, 2.45) is 5.41 Å². The molecule has 0 saturated carbocycles. The van der Waals surface area contributed by atoms with E-state index in [4.69, 9.17) is 19.6 Å². The molecule has 0 heterocycles. The van der Waals surface area contributed by atoms with Crippen LogP contribution >= 0.6 is 15.2 Å². The van der Waals surface area contributed by atoms with Gasteiger partial charge in [0.2, 0.25) is 0 Å². The third-order valence-electron chi connectivity index (χ3n) is 1.08. The first-order chi connectivity index (χ1) is 5.41. The molecule has 78 valence electrons. The molecule has 4 N–H and O–H groups in total. The summed E-state index contributed by atoms with van der Waals surface area (Å²) >= 11 is 0. The first kappa shape index (κ1) is 13.3. The lowest BCUT2D eigenvalue weighted by molar-refractivity contribution is 0.344. The van der Waals surface area contributed by atoms with E-state index in [0.717, 1.165) is 0 Å². The lowest BCUT2D eigenvalue weighted by atomic mass is 10.0. The van der Waals surface area contributed by atoms with Crippen molar-refractivity contribution in [3.05, 3.63) is 13.8 Å². The van der Waals surface area contributed by atoms with Gasteiger partial charge in [0, 0.05) is 0 Å². The minimum Gasteiger partial charge on any atom is -0.324 e. The lowest BCUT2D eigenvalue weighted by Crippen LogP contribution is -2.22. The Morgan fingerprint density at radius 3 is 1.31 bits per heavy atom.